The van der Waals surface area contributed by atoms with E-state index in [4.69, 9.17) is 0 Å². The van der Waals surface area contributed by atoms with Crippen molar-refractivity contribution in [3.8, 4) is 0 Å². The van der Waals surface area contributed by atoms with Crippen molar-refractivity contribution in [1.82, 2.24) is 5.32 Å². The van der Waals surface area contributed by atoms with Gasteiger partial charge in [-0.3, -0.25) is 9.59 Å². The highest BCUT2D eigenvalue weighted by Gasteiger charge is 2.11. The Morgan fingerprint density at radius 3 is 2.61 bits per heavy atom. The highest BCUT2D eigenvalue weighted by Crippen LogP contribution is 2.14. The molecular formula is C14H18N2O2. The molecule has 0 saturated carbocycles. The molecular weight excluding hydrogens is 228 g/mol. The molecule has 0 spiro atoms. The van der Waals surface area contributed by atoms with Gasteiger partial charge in [0.05, 0.1) is 11.3 Å². The van der Waals surface area contributed by atoms with E-state index in [0.29, 0.717) is 23.7 Å². The Kier molecular flexibility index (Phi) is 5.11. The number of carbonyl (C=O) groups is 2. The molecule has 0 bridgehead atoms. The Morgan fingerprint density at radius 1 is 1.33 bits per heavy atom. The molecule has 0 radical (unpaired) electrons. The van der Waals surface area contributed by atoms with E-state index in [1.807, 2.05) is 13.8 Å². The van der Waals surface area contributed by atoms with Gasteiger partial charge in [-0.1, -0.05) is 32.6 Å². The number of nitrogens with one attached hydrogen (secondary N) is 2. The summed E-state index contributed by atoms with van der Waals surface area (Å²) in [4.78, 5) is 23.2. The summed E-state index contributed by atoms with van der Waals surface area (Å²) >= 11 is 0. The smallest absolute Gasteiger partial charge is 0.253 e. The molecule has 0 fully saturated rings. The largest absolute Gasteiger partial charge is 0.352 e. The Labute approximate surface area is 107 Å². The number of para-hydroxylation sites is 1. The van der Waals surface area contributed by atoms with Crippen molar-refractivity contribution in [1.29, 1.82) is 0 Å². The van der Waals surface area contributed by atoms with Gasteiger partial charge < -0.3 is 10.6 Å². The lowest BCUT2D eigenvalue weighted by atomic mass is 10.1. The van der Waals surface area contributed by atoms with Crippen molar-refractivity contribution in [2.45, 2.75) is 13.8 Å². The van der Waals surface area contributed by atoms with Gasteiger partial charge in [0, 0.05) is 6.54 Å². The predicted octanol–water partition coefficient (Wildman–Crippen LogP) is 2.20. The van der Waals surface area contributed by atoms with Crippen LogP contribution in [-0.4, -0.2) is 18.4 Å². The summed E-state index contributed by atoms with van der Waals surface area (Å²) in [5, 5.41) is 5.42. The van der Waals surface area contributed by atoms with E-state index in [2.05, 4.69) is 17.2 Å². The van der Waals surface area contributed by atoms with Gasteiger partial charge in [0.2, 0.25) is 5.91 Å². The molecule has 0 saturated heterocycles. The molecule has 18 heavy (non-hydrogen) atoms. The molecule has 1 aromatic rings. The van der Waals surface area contributed by atoms with Crippen molar-refractivity contribution in [3.05, 3.63) is 42.5 Å². The van der Waals surface area contributed by atoms with Crippen LogP contribution in [0.2, 0.25) is 0 Å². The second-order valence-electron chi connectivity index (χ2n) is 4.34. The Bertz CT molecular complexity index is 453. The van der Waals surface area contributed by atoms with Crippen molar-refractivity contribution in [3.63, 3.8) is 0 Å². The molecule has 0 aliphatic heterocycles. The fraction of sp³-hybridized carbons (Fsp3) is 0.286. The first-order valence-electron chi connectivity index (χ1n) is 5.85. The highest BCUT2D eigenvalue weighted by molar-refractivity contribution is 6.06. The van der Waals surface area contributed by atoms with Gasteiger partial charge in [0.15, 0.2) is 0 Å². The van der Waals surface area contributed by atoms with Crippen LogP contribution in [0.3, 0.4) is 0 Å². The fourth-order valence-electron chi connectivity index (χ4n) is 1.37. The van der Waals surface area contributed by atoms with E-state index in [-0.39, 0.29) is 11.8 Å². The second kappa shape index (κ2) is 6.59. The number of benzene rings is 1. The Balaban J connectivity index is 2.84. The monoisotopic (exact) mass is 246 g/mol. The normalized spacial score (nSPS) is 9.94. The molecule has 4 nitrogen and oxygen atoms in total. The van der Waals surface area contributed by atoms with Crippen molar-refractivity contribution < 1.29 is 9.59 Å². The summed E-state index contributed by atoms with van der Waals surface area (Å²) < 4.78 is 0. The SMILES string of the molecule is C=CC(=O)Nc1ccccc1C(=O)NCC(C)C. The molecule has 0 atom stereocenters. The molecule has 0 aromatic heterocycles. The van der Waals surface area contributed by atoms with Crippen LogP contribution in [0.4, 0.5) is 5.69 Å². The molecule has 0 aliphatic carbocycles. The highest BCUT2D eigenvalue weighted by atomic mass is 16.2. The van der Waals surface area contributed by atoms with Crippen LogP contribution < -0.4 is 10.6 Å². The summed E-state index contributed by atoms with van der Waals surface area (Å²) in [6.45, 7) is 8.02. The zero-order valence-electron chi connectivity index (χ0n) is 10.7. The number of carbonyl (C=O) groups excluding carboxylic acids is 2. The summed E-state index contributed by atoms with van der Waals surface area (Å²) in [5.41, 5.74) is 0.942. The van der Waals surface area contributed by atoms with Crippen LogP contribution in [0.25, 0.3) is 0 Å². The minimum atomic E-state index is -0.334. The molecule has 1 aromatic carbocycles. The maximum Gasteiger partial charge on any atom is 0.253 e. The van der Waals surface area contributed by atoms with Crippen LogP contribution in [0.15, 0.2) is 36.9 Å². The van der Waals surface area contributed by atoms with E-state index in [1.165, 1.54) is 6.08 Å². The Morgan fingerprint density at radius 2 is 2.00 bits per heavy atom. The van der Waals surface area contributed by atoms with Crippen LogP contribution in [0.5, 0.6) is 0 Å². The van der Waals surface area contributed by atoms with E-state index >= 15 is 0 Å². The third kappa shape index (κ3) is 4.05. The molecule has 2 N–H and O–H groups in total. The number of hydrogen-bond donors (Lipinski definition) is 2. The summed E-state index contributed by atoms with van der Waals surface area (Å²) in [6.07, 6.45) is 1.17. The van der Waals surface area contributed by atoms with Crippen LogP contribution >= 0.6 is 0 Å². The number of rotatable bonds is 5. The quantitative estimate of drug-likeness (QED) is 0.782. The zero-order chi connectivity index (χ0) is 13.5. The lowest BCUT2D eigenvalue weighted by Gasteiger charge is -2.11. The van der Waals surface area contributed by atoms with Crippen LogP contribution in [0.1, 0.15) is 24.2 Å². The summed E-state index contributed by atoms with van der Waals surface area (Å²) in [7, 11) is 0. The fourth-order valence-corrected chi connectivity index (χ4v) is 1.37. The van der Waals surface area contributed by atoms with E-state index < -0.39 is 0 Å². The number of amides is 2. The topological polar surface area (TPSA) is 58.2 Å². The minimum absolute atomic E-state index is 0.191. The maximum atomic E-state index is 12.0. The lowest BCUT2D eigenvalue weighted by molar-refractivity contribution is -0.111. The van der Waals surface area contributed by atoms with Crippen LogP contribution in [-0.2, 0) is 4.79 Å². The molecule has 4 heteroatoms. The number of hydrogen-bond acceptors (Lipinski definition) is 2. The van der Waals surface area contributed by atoms with E-state index in [1.54, 1.807) is 24.3 Å². The van der Waals surface area contributed by atoms with Gasteiger partial charge in [0.1, 0.15) is 0 Å². The Hall–Kier alpha value is -2.10. The third-order valence-corrected chi connectivity index (χ3v) is 2.29. The van der Waals surface area contributed by atoms with Gasteiger partial charge >= 0.3 is 0 Å². The van der Waals surface area contributed by atoms with Crippen molar-refractivity contribution >= 4 is 17.5 Å². The van der Waals surface area contributed by atoms with Crippen molar-refractivity contribution in [2.24, 2.45) is 5.92 Å². The molecule has 0 aliphatic rings. The molecule has 0 unspecified atom stereocenters. The molecule has 2 amide bonds. The van der Waals surface area contributed by atoms with E-state index in [0.717, 1.165) is 0 Å². The van der Waals surface area contributed by atoms with Crippen molar-refractivity contribution in [2.75, 3.05) is 11.9 Å². The van der Waals surface area contributed by atoms with Gasteiger partial charge in [-0.05, 0) is 24.1 Å². The first-order chi connectivity index (χ1) is 8.54. The van der Waals surface area contributed by atoms with Gasteiger partial charge in [-0.15, -0.1) is 0 Å². The second-order valence-corrected chi connectivity index (χ2v) is 4.34. The third-order valence-electron chi connectivity index (χ3n) is 2.29. The first kappa shape index (κ1) is 14.0. The summed E-state index contributed by atoms with van der Waals surface area (Å²) in [6, 6.07) is 6.88. The lowest BCUT2D eigenvalue weighted by Crippen LogP contribution is -2.28. The predicted molar refractivity (Wildman–Crippen MR) is 72.4 cm³/mol. The minimum Gasteiger partial charge on any atom is -0.352 e. The average Bonchev–Trinajstić information content (AvgIpc) is 2.36. The molecule has 0 heterocycles. The first-order valence-corrected chi connectivity index (χ1v) is 5.85. The van der Waals surface area contributed by atoms with Gasteiger partial charge in [0.25, 0.3) is 5.91 Å². The molecule has 1 rings (SSSR count). The molecule has 96 valence electrons. The summed E-state index contributed by atoms with van der Waals surface area (Å²) in [5.74, 6) is -0.147. The standard InChI is InChI=1S/C14H18N2O2/c1-4-13(17)16-12-8-6-5-7-11(12)14(18)15-9-10(2)3/h4-8,10H,1,9H2,2-3H3,(H,15,18)(H,16,17). The average molecular weight is 246 g/mol. The number of anilines is 1. The van der Waals surface area contributed by atoms with E-state index in [9.17, 15) is 9.59 Å². The van der Waals surface area contributed by atoms with Crippen LogP contribution in [0, 0.1) is 5.92 Å². The maximum absolute atomic E-state index is 12.0. The zero-order valence-corrected chi connectivity index (χ0v) is 10.7. The van der Waals surface area contributed by atoms with Gasteiger partial charge in [-0.2, -0.15) is 0 Å². The van der Waals surface area contributed by atoms with Gasteiger partial charge in [-0.25, -0.2) is 0 Å².